The van der Waals surface area contributed by atoms with Crippen LogP contribution in [0.1, 0.15) is 12.5 Å². The molecule has 0 spiro atoms. The molecule has 0 aromatic heterocycles. The van der Waals surface area contributed by atoms with Crippen LogP contribution in [0.25, 0.3) is 0 Å². The van der Waals surface area contributed by atoms with Gasteiger partial charge >= 0.3 is 5.69 Å². The van der Waals surface area contributed by atoms with E-state index in [1.807, 2.05) is 6.92 Å². The average Bonchev–Trinajstić information content (AvgIpc) is 2.46. The van der Waals surface area contributed by atoms with Crippen LogP contribution in [-0.2, 0) is 6.61 Å². The molecule has 0 aliphatic rings. The number of hydrogen-bond donors (Lipinski definition) is 0. The first kappa shape index (κ1) is 14.8. The zero-order chi connectivity index (χ0) is 15.2. The van der Waals surface area contributed by atoms with Gasteiger partial charge in [0, 0.05) is 6.07 Å². The van der Waals surface area contributed by atoms with Gasteiger partial charge in [-0.05, 0) is 48.9 Å². The first-order valence-electron chi connectivity index (χ1n) is 6.38. The summed E-state index contributed by atoms with van der Waals surface area (Å²) in [5, 5.41) is 10.5. The van der Waals surface area contributed by atoms with Gasteiger partial charge in [0.05, 0.1) is 11.5 Å². The highest BCUT2D eigenvalue weighted by Gasteiger charge is 2.13. The Bertz CT molecular complexity index is 628. The molecule has 2 aromatic carbocycles. The molecule has 0 atom stereocenters. The minimum Gasteiger partial charge on any atom is -0.494 e. The molecule has 0 amide bonds. The van der Waals surface area contributed by atoms with E-state index in [0.717, 1.165) is 17.9 Å². The Kier molecular flexibility index (Phi) is 4.71. The smallest absolute Gasteiger partial charge is 0.304 e. The van der Waals surface area contributed by atoms with Crippen molar-refractivity contribution in [3.63, 3.8) is 0 Å². The van der Waals surface area contributed by atoms with Gasteiger partial charge in [0.25, 0.3) is 0 Å². The molecule has 0 radical (unpaired) electrons. The second-order valence-corrected chi connectivity index (χ2v) is 4.24. The predicted molar refractivity (Wildman–Crippen MR) is 75.0 cm³/mol. The monoisotopic (exact) mass is 291 g/mol. The van der Waals surface area contributed by atoms with Crippen LogP contribution in [-0.4, -0.2) is 11.5 Å². The van der Waals surface area contributed by atoms with Gasteiger partial charge in [0.15, 0.2) is 0 Å². The number of hydrogen-bond acceptors (Lipinski definition) is 4. The Morgan fingerprint density at radius 1 is 1.10 bits per heavy atom. The molecule has 0 unspecified atom stereocenters. The zero-order valence-corrected chi connectivity index (χ0v) is 11.4. The van der Waals surface area contributed by atoms with Gasteiger partial charge in [-0.25, -0.2) is 0 Å². The minimum atomic E-state index is -0.868. The third kappa shape index (κ3) is 3.92. The van der Waals surface area contributed by atoms with E-state index < -0.39 is 16.4 Å². The van der Waals surface area contributed by atoms with Crippen molar-refractivity contribution in [2.75, 3.05) is 6.61 Å². The van der Waals surface area contributed by atoms with Gasteiger partial charge in [-0.3, -0.25) is 10.1 Å². The molecule has 110 valence electrons. The Labute approximate surface area is 121 Å². The number of rotatable bonds is 6. The lowest BCUT2D eigenvalue weighted by Gasteiger charge is -2.08. The topological polar surface area (TPSA) is 61.6 Å². The van der Waals surface area contributed by atoms with Crippen molar-refractivity contribution in [2.45, 2.75) is 13.5 Å². The lowest BCUT2D eigenvalue weighted by molar-refractivity contribution is -0.387. The Morgan fingerprint density at radius 3 is 2.24 bits per heavy atom. The van der Waals surface area contributed by atoms with Crippen molar-refractivity contribution in [3.8, 4) is 11.5 Å². The highest BCUT2D eigenvalue weighted by Crippen LogP contribution is 2.21. The van der Waals surface area contributed by atoms with Gasteiger partial charge in [-0.15, -0.1) is 0 Å². The van der Waals surface area contributed by atoms with E-state index in [4.69, 9.17) is 9.47 Å². The van der Waals surface area contributed by atoms with E-state index >= 15 is 0 Å². The number of nitro groups is 1. The molecule has 21 heavy (non-hydrogen) atoms. The van der Waals surface area contributed by atoms with Gasteiger partial charge in [0.1, 0.15) is 18.1 Å². The molecule has 0 bridgehead atoms. The molecule has 0 N–H and O–H groups in total. The van der Waals surface area contributed by atoms with Crippen LogP contribution < -0.4 is 9.47 Å². The molecule has 0 saturated heterocycles. The first-order valence-corrected chi connectivity index (χ1v) is 6.38. The summed E-state index contributed by atoms with van der Waals surface area (Å²) in [7, 11) is 0. The van der Waals surface area contributed by atoms with Crippen LogP contribution in [0.2, 0.25) is 0 Å². The van der Waals surface area contributed by atoms with Crippen molar-refractivity contribution in [2.24, 2.45) is 0 Å². The molecule has 2 rings (SSSR count). The second kappa shape index (κ2) is 6.69. The van der Waals surface area contributed by atoms with Crippen LogP contribution in [0.3, 0.4) is 0 Å². The fraction of sp³-hybridized carbons (Fsp3) is 0.200. The van der Waals surface area contributed by atoms with Crippen LogP contribution in [0.4, 0.5) is 10.1 Å². The van der Waals surface area contributed by atoms with Crippen LogP contribution in [0, 0.1) is 15.9 Å². The van der Waals surface area contributed by atoms with Crippen LogP contribution in [0.15, 0.2) is 42.5 Å². The summed E-state index contributed by atoms with van der Waals surface area (Å²) in [5.41, 5.74) is -0.0215. The summed E-state index contributed by atoms with van der Waals surface area (Å²) >= 11 is 0. The molecule has 0 aliphatic carbocycles. The third-order valence-electron chi connectivity index (χ3n) is 2.75. The van der Waals surface area contributed by atoms with E-state index in [9.17, 15) is 14.5 Å². The van der Waals surface area contributed by atoms with E-state index in [1.54, 1.807) is 24.3 Å². The number of nitrogens with zero attached hydrogens (tertiary/aromatic N) is 1. The van der Waals surface area contributed by atoms with Gasteiger partial charge in [-0.2, -0.15) is 4.39 Å². The predicted octanol–water partition coefficient (Wildman–Crippen LogP) is 3.71. The minimum absolute atomic E-state index is 0.128. The highest BCUT2D eigenvalue weighted by atomic mass is 19.1. The summed E-state index contributed by atoms with van der Waals surface area (Å²) in [6, 6.07) is 10.7. The third-order valence-corrected chi connectivity index (χ3v) is 2.75. The lowest BCUT2D eigenvalue weighted by atomic mass is 10.2. The molecule has 6 heteroatoms. The lowest BCUT2D eigenvalue weighted by Crippen LogP contribution is -1.98. The van der Waals surface area contributed by atoms with E-state index in [-0.39, 0.29) is 6.61 Å². The maximum atomic E-state index is 13.5. The molecule has 0 saturated carbocycles. The number of halogens is 1. The van der Waals surface area contributed by atoms with Crippen LogP contribution >= 0.6 is 0 Å². The number of benzene rings is 2. The summed E-state index contributed by atoms with van der Waals surface area (Å²) < 4.78 is 24.2. The summed E-state index contributed by atoms with van der Waals surface area (Å²) in [6.07, 6.45) is 0. The van der Waals surface area contributed by atoms with Gasteiger partial charge < -0.3 is 9.47 Å². The van der Waals surface area contributed by atoms with Crippen molar-refractivity contribution >= 4 is 5.69 Å². The Morgan fingerprint density at radius 2 is 1.71 bits per heavy atom. The molecular formula is C15H14FNO4. The van der Waals surface area contributed by atoms with E-state index in [2.05, 4.69) is 0 Å². The number of nitro benzene ring substituents is 1. The summed E-state index contributed by atoms with van der Waals surface area (Å²) in [4.78, 5) is 9.76. The average molecular weight is 291 g/mol. The standard InChI is InChI=1S/C15H14FNO4/c1-2-20-12-4-6-13(7-5-12)21-10-11-3-8-15(17(18)19)14(16)9-11/h3-9H,2,10H2,1H3. The molecule has 2 aromatic rings. The van der Waals surface area contributed by atoms with E-state index in [1.165, 1.54) is 6.07 Å². The van der Waals surface area contributed by atoms with Crippen molar-refractivity contribution in [1.82, 2.24) is 0 Å². The summed E-state index contributed by atoms with van der Waals surface area (Å²) in [5.74, 6) is 0.483. The fourth-order valence-electron chi connectivity index (χ4n) is 1.75. The van der Waals surface area contributed by atoms with Crippen molar-refractivity contribution in [3.05, 3.63) is 64.0 Å². The van der Waals surface area contributed by atoms with Gasteiger partial charge in [-0.1, -0.05) is 0 Å². The maximum absolute atomic E-state index is 13.5. The number of ether oxygens (including phenoxy) is 2. The largest absolute Gasteiger partial charge is 0.494 e. The molecular weight excluding hydrogens is 277 g/mol. The molecule has 0 heterocycles. The first-order chi connectivity index (χ1) is 10.1. The molecule has 0 fully saturated rings. The Balaban J connectivity index is 1.99. The van der Waals surface area contributed by atoms with Crippen LogP contribution in [0.5, 0.6) is 11.5 Å². The summed E-state index contributed by atoms with van der Waals surface area (Å²) in [6.45, 7) is 2.61. The van der Waals surface area contributed by atoms with E-state index in [0.29, 0.717) is 17.9 Å². The van der Waals surface area contributed by atoms with Crippen molar-refractivity contribution < 1.29 is 18.8 Å². The quantitative estimate of drug-likeness (QED) is 0.601. The van der Waals surface area contributed by atoms with Gasteiger partial charge in [0.2, 0.25) is 5.82 Å². The SMILES string of the molecule is CCOc1ccc(OCc2ccc([N+](=O)[O-])c(F)c2)cc1. The maximum Gasteiger partial charge on any atom is 0.304 e. The second-order valence-electron chi connectivity index (χ2n) is 4.24. The molecule has 0 aliphatic heterocycles. The Hall–Kier alpha value is -2.63. The molecule has 5 nitrogen and oxygen atoms in total. The normalized spacial score (nSPS) is 10.2. The van der Waals surface area contributed by atoms with Crippen molar-refractivity contribution in [1.29, 1.82) is 0 Å². The fourth-order valence-corrected chi connectivity index (χ4v) is 1.75. The zero-order valence-electron chi connectivity index (χ0n) is 11.4. The highest BCUT2D eigenvalue weighted by molar-refractivity contribution is 5.35.